The summed E-state index contributed by atoms with van der Waals surface area (Å²) in [5.74, 6) is 1.81. The number of imidazole rings is 1. The van der Waals surface area contributed by atoms with E-state index in [-0.39, 0.29) is 0 Å². The topological polar surface area (TPSA) is 38.4 Å². The van der Waals surface area contributed by atoms with Crippen LogP contribution in [0.2, 0.25) is 0 Å². The highest BCUT2D eigenvalue weighted by molar-refractivity contribution is 7.18. The Morgan fingerprint density at radius 3 is 2.46 bits per heavy atom. The van der Waals surface area contributed by atoms with Crippen LogP contribution in [-0.2, 0) is 6.54 Å². The lowest BCUT2D eigenvalue weighted by atomic mass is 9.97. The summed E-state index contributed by atoms with van der Waals surface area (Å²) < 4.78 is 0. The maximum absolute atomic E-state index is 4.75. The number of nitrogens with one attached hydrogen (secondary N) is 1. The number of aromatic nitrogens is 2. The summed E-state index contributed by atoms with van der Waals surface area (Å²) in [5.41, 5.74) is 4.79. The zero-order valence-corrected chi connectivity index (χ0v) is 21.4. The number of benzene rings is 2. The summed E-state index contributed by atoms with van der Waals surface area (Å²) in [5, 5.41) is 0. The lowest BCUT2D eigenvalue weighted by Gasteiger charge is -2.38. The molecule has 6 rings (SSSR count). The number of likely N-dealkylation sites (tertiary alicyclic amines) is 1. The van der Waals surface area contributed by atoms with Gasteiger partial charge in [0.05, 0.1) is 15.9 Å². The van der Waals surface area contributed by atoms with Crippen molar-refractivity contribution in [2.24, 2.45) is 5.92 Å². The molecule has 5 nitrogen and oxygen atoms in total. The van der Waals surface area contributed by atoms with Crippen molar-refractivity contribution in [3.8, 4) is 21.1 Å². The van der Waals surface area contributed by atoms with Crippen LogP contribution in [0.15, 0.2) is 60.7 Å². The average molecular weight is 486 g/mol. The number of piperazine rings is 1. The van der Waals surface area contributed by atoms with Crippen molar-refractivity contribution in [3.63, 3.8) is 0 Å². The van der Waals surface area contributed by atoms with E-state index in [9.17, 15) is 0 Å². The normalized spacial score (nSPS) is 20.5. The summed E-state index contributed by atoms with van der Waals surface area (Å²) in [6.07, 6.45) is 2.77. The molecule has 2 aromatic carbocycles. The van der Waals surface area contributed by atoms with Crippen molar-refractivity contribution < 1.29 is 0 Å². The highest BCUT2D eigenvalue weighted by Crippen LogP contribution is 2.34. The maximum Gasteiger partial charge on any atom is 0.148 e. The van der Waals surface area contributed by atoms with Crippen molar-refractivity contribution in [2.45, 2.75) is 19.4 Å². The first-order chi connectivity index (χ1) is 17.2. The minimum atomic E-state index is 0.859. The van der Waals surface area contributed by atoms with E-state index >= 15 is 0 Å². The third kappa shape index (κ3) is 5.36. The fourth-order valence-electron chi connectivity index (χ4n) is 5.64. The molecule has 0 radical (unpaired) electrons. The summed E-state index contributed by atoms with van der Waals surface area (Å²) >= 11 is 1.80. The predicted octanol–water partition coefficient (Wildman–Crippen LogP) is 5.42. The van der Waals surface area contributed by atoms with Gasteiger partial charge in [0.2, 0.25) is 0 Å². The fourth-order valence-corrected chi connectivity index (χ4v) is 6.60. The van der Waals surface area contributed by atoms with Gasteiger partial charge in [0.15, 0.2) is 0 Å². The molecule has 0 bridgehead atoms. The molecule has 1 unspecified atom stereocenters. The Bertz CT molecular complexity index is 1220. The molecule has 0 aliphatic carbocycles. The zero-order valence-electron chi connectivity index (χ0n) is 20.6. The minimum Gasteiger partial charge on any atom is -0.337 e. The zero-order chi connectivity index (χ0) is 23.6. The number of nitrogens with zero attached hydrogens (tertiary/aromatic N) is 4. The molecule has 1 N–H and O–H groups in total. The third-order valence-corrected chi connectivity index (χ3v) is 8.72. The Kier molecular flexibility index (Phi) is 6.70. The number of aromatic amines is 1. The molecular formula is C29H35N5S. The van der Waals surface area contributed by atoms with E-state index < -0.39 is 0 Å². The number of hydrogen-bond acceptors (Lipinski definition) is 5. The first-order valence-corrected chi connectivity index (χ1v) is 13.8. The molecule has 35 heavy (non-hydrogen) atoms. The lowest BCUT2D eigenvalue weighted by Crippen LogP contribution is -2.48. The SMILES string of the molecule is CN1CCCC(CN2CCN(Cc3ccc(-c4ccc(-c5nc6ccccc6[nH]5)s4)cc3)CC2)C1. The van der Waals surface area contributed by atoms with E-state index in [1.807, 2.05) is 12.1 Å². The summed E-state index contributed by atoms with van der Waals surface area (Å²) in [6, 6.07) is 21.8. The van der Waals surface area contributed by atoms with E-state index in [0.717, 1.165) is 29.3 Å². The fraction of sp³-hybridized carbons (Fsp3) is 0.414. The molecule has 2 aliphatic heterocycles. The minimum absolute atomic E-state index is 0.859. The average Bonchev–Trinajstić information content (AvgIpc) is 3.53. The van der Waals surface area contributed by atoms with Crippen molar-refractivity contribution in [2.75, 3.05) is 52.9 Å². The van der Waals surface area contributed by atoms with Crippen LogP contribution in [-0.4, -0.2) is 77.5 Å². The lowest BCUT2D eigenvalue weighted by molar-refractivity contribution is 0.0930. The molecule has 2 saturated heterocycles. The van der Waals surface area contributed by atoms with E-state index in [1.165, 1.54) is 79.5 Å². The number of piperidine rings is 1. The number of hydrogen-bond donors (Lipinski definition) is 1. The van der Waals surface area contributed by atoms with Gasteiger partial charge in [-0.1, -0.05) is 36.4 Å². The second kappa shape index (κ2) is 10.2. The van der Waals surface area contributed by atoms with Gasteiger partial charge in [-0.2, -0.15) is 0 Å². The molecule has 1 atom stereocenters. The number of H-pyrrole nitrogens is 1. The van der Waals surface area contributed by atoms with Crippen molar-refractivity contribution >= 4 is 22.4 Å². The third-order valence-electron chi connectivity index (χ3n) is 7.58. The van der Waals surface area contributed by atoms with Crippen LogP contribution >= 0.6 is 11.3 Å². The monoisotopic (exact) mass is 485 g/mol. The maximum atomic E-state index is 4.75. The first-order valence-electron chi connectivity index (χ1n) is 13.0. The molecule has 6 heteroatoms. The molecule has 0 saturated carbocycles. The van der Waals surface area contributed by atoms with Crippen molar-refractivity contribution in [1.82, 2.24) is 24.7 Å². The van der Waals surface area contributed by atoms with E-state index in [0.29, 0.717) is 0 Å². The van der Waals surface area contributed by atoms with Crippen LogP contribution in [0.5, 0.6) is 0 Å². The van der Waals surface area contributed by atoms with E-state index in [4.69, 9.17) is 4.98 Å². The molecule has 0 amide bonds. The Hall–Kier alpha value is -2.51. The molecule has 4 aromatic rings. The molecule has 4 heterocycles. The van der Waals surface area contributed by atoms with Crippen LogP contribution in [0.4, 0.5) is 0 Å². The van der Waals surface area contributed by atoms with Crippen LogP contribution in [0.25, 0.3) is 32.2 Å². The molecule has 0 spiro atoms. The van der Waals surface area contributed by atoms with Crippen LogP contribution < -0.4 is 0 Å². The highest BCUT2D eigenvalue weighted by atomic mass is 32.1. The Morgan fingerprint density at radius 2 is 1.66 bits per heavy atom. The second-order valence-electron chi connectivity index (χ2n) is 10.3. The Labute approximate surface area is 212 Å². The van der Waals surface area contributed by atoms with Crippen molar-refractivity contribution in [3.05, 3.63) is 66.2 Å². The van der Waals surface area contributed by atoms with Gasteiger partial charge in [-0.3, -0.25) is 4.90 Å². The van der Waals surface area contributed by atoms with Gasteiger partial charge in [0, 0.05) is 50.7 Å². The number of para-hydroxylation sites is 2. The van der Waals surface area contributed by atoms with Crippen molar-refractivity contribution in [1.29, 1.82) is 0 Å². The molecule has 182 valence electrons. The second-order valence-corrected chi connectivity index (χ2v) is 11.4. The van der Waals surface area contributed by atoms with Gasteiger partial charge < -0.3 is 14.8 Å². The van der Waals surface area contributed by atoms with Crippen LogP contribution in [0.3, 0.4) is 0 Å². The molecule has 2 aromatic heterocycles. The molecule has 2 aliphatic rings. The highest BCUT2D eigenvalue weighted by Gasteiger charge is 2.23. The number of rotatable bonds is 6. The first kappa shape index (κ1) is 22.9. The standard InChI is InChI=1S/C29H35N5S/c1-32-14-4-5-23(19-32)21-34-17-15-33(16-18-34)20-22-8-10-24(11-9-22)27-12-13-28(35-27)29-30-25-6-2-3-7-26(25)31-29/h2-3,6-13,23H,4-5,14-21H2,1H3,(H,30,31). The van der Waals surface area contributed by atoms with Gasteiger partial charge in [-0.15, -0.1) is 11.3 Å². The van der Waals surface area contributed by atoms with Gasteiger partial charge >= 0.3 is 0 Å². The van der Waals surface area contributed by atoms with E-state index in [2.05, 4.69) is 75.3 Å². The Morgan fingerprint density at radius 1 is 0.886 bits per heavy atom. The van der Waals surface area contributed by atoms with Crippen LogP contribution in [0.1, 0.15) is 18.4 Å². The Balaban J connectivity index is 1.03. The molecule has 2 fully saturated rings. The number of fused-ring (bicyclic) bond motifs is 1. The number of thiophene rings is 1. The van der Waals surface area contributed by atoms with Gasteiger partial charge in [0.1, 0.15) is 5.82 Å². The predicted molar refractivity (Wildman–Crippen MR) is 147 cm³/mol. The summed E-state index contributed by atoms with van der Waals surface area (Å²) in [7, 11) is 2.27. The van der Waals surface area contributed by atoms with Gasteiger partial charge in [-0.25, -0.2) is 4.98 Å². The summed E-state index contributed by atoms with van der Waals surface area (Å²) in [4.78, 5) is 18.5. The summed E-state index contributed by atoms with van der Waals surface area (Å²) in [6.45, 7) is 9.65. The smallest absolute Gasteiger partial charge is 0.148 e. The largest absolute Gasteiger partial charge is 0.337 e. The van der Waals surface area contributed by atoms with E-state index in [1.54, 1.807) is 11.3 Å². The van der Waals surface area contributed by atoms with Gasteiger partial charge in [-0.05, 0) is 67.7 Å². The quantitative estimate of drug-likeness (QED) is 0.396. The van der Waals surface area contributed by atoms with Gasteiger partial charge in [0.25, 0.3) is 0 Å². The molecular weight excluding hydrogens is 450 g/mol. The van der Waals surface area contributed by atoms with Crippen LogP contribution in [0, 0.1) is 5.92 Å².